The van der Waals surface area contributed by atoms with Crippen LogP contribution in [0.2, 0.25) is 0 Å². The minimum absolute atomic E-state index is 0.185. The summed E-state index contributed by atoms with van der Waals surface area (Å²) in [6, 6.07) is 0. The van der Waals surface area contributed by atoms with E-state index < -0.39 is 0 Å². The van der Waals surface area contributed by atoms with Crippen LogP contribution >= 0.6 is 25.3 Å². The van der Waals surface area contributed by atoms with Gasteiger partial charge in [0.2, 0.25) is 0 Å². The van der Waals surface area contributed by atoms with E-state index in [0.717, 1.165) is 24.0 Å². The average molecular weight is 204 g/mol. The second-order valence-corrected chi connectivity index (χ2v) is 6.39. The quantitative estimate of drug-likeness (QED) is 0.648. The molecule has 1 rings (SSSR count). The highest BCUT2D eigenvalue weighted by Crippen LogP contribution is 2.64. The predicted molar refractivity (Wildman–Crippen MR) is 62.3 cm³/mol. The molecule has 1 aliphatic rings. The van der Waals surface area contributed by atoms with Crippen molar-refractivity contribution in [1.29, 1.82) is 0 Å². The van der Waals surface area contributed by atoms with Crippen molar-refractivity contribution in [3.63, 3.8) is 0 Å². The smallest absolute Gasteiger partial charge is 0.0145 e. The predicted octanol–water partition coefficient (Wildman–Crippen LogP) is 3.29. The van der Waals surface area contributed by atoms with Crippen LogP contribution in [0.15, 0.2) is 0 Å². The third-order valence-corrected chi connectivity index (χ3v) is 4.38. The molecule has 0 N–H and O–H groups in total. The Hall–Kier alpha value is 0.700. The van der Waals surface area contributed by atoms with E-state index in [9.17, 15) is 0 Å². The summed E-state index contributed by atoms with van der Waals surface area (Å²) in [5, 5.41) is 0. The van der Waals surface area contributed by atoms with E-state index in [1.165, 1.54) is 0 Å². The van der Waals surface area contributed by atoms with Gasteiger partial charge in [-0.1, -0.05) is 27.7 Å². The Balaban J connectivity index is 2.61. The van der Waals surface area contributed by atoms with Gasteiger partial charge in [0.05, 0.1) is 0 Å². The highest BCUT2D eigenvalue weighted by molar-refractivity contribution is 7.82. The van der Waals surface area contributed by atoms with Gasteiger partial charge in [-0.05, 0) is 29.4 Å². The summed E-state index contributed by atoms with van der Waals surface area (Å²) in [5.74, 6) is 2.53. The Morgan fingerprint density at radius 1 is 1.42 bits per heavy atom. The van der Waals surface area contributed by atoms with E-state index in [-0.39, 0.29) is 4.75 Å². The number of hydrogen-bond acceptors (Lipinski definition) is 2. The molecule has 1 saturated carbocycles. The number of rotatable bonds is 3. The monoisotopic (exact) mass is 204 g/mol. The van der Waals surface area contributed by atoms with Crippen LogP contribution < -0.4 is 0 Å². The van der Waals surface area contributed by atoms with E-state index in [2.05, 4.69) is 40.3 Å². The molecule has 0 heterocycles. The van der Waals surface area contributed by atoms with E-state index in [1.54, 1.807) is 0 Å². The van der Waals surface area contributed by atoms with Crippen molar-refractivity contribution < 1.29 is 0 Å². The van der Waals surface area contributed by atoms with Crippen molar-refractivity contribution in [3.8, 4) is 0 Å². The number of hydrogen-bond donors (Lipinski definition) is 2. The van der Waals surface area contributed by atoms with Crippen LogP contribution in [0.5, 0.6) is 0 Å². The lowest BCUT2D eigenvalue weighted by atomic mass is 9.95. The van der Waals surface area contributed by atoms with Crippen LogP contribution in [0.3, 0.4) is 0 Å². The molecule has 0 radical (unpaired) electrons. The summed E-state index contributed by atoms with van der Waals surface area (Å²) >= 11 is 9.02. The van der Waals surface area contributed by atoms with Gasteiger partial charge in [-0.2, -0.15) is 25.3 Å². The first kappa shape index (κ1) is 10.8. The van der Waals surface area contributed by atoms with Gasteiger partial charge >= 0.3 is 0 Å². The largest absolute Gasteiger partial charge is 0.179 e. The Kier molecular flexibility index (Phi) is 2.81. The van der Waals surface area contributed by atoms with Crippen molar-refractivity contribution >= 4 is 25.3 Å². The van der Waals surface area contributed by atoms with Crippen molar-refractivity contribution in [2.45, 2.75) is 38.9 Å². The van der Waals surface area contributed by atoms with Crippen molar-refractivity contribution in [3.05, 3.63) is 0 Å². The topological polar surface area (TPSA) is 0 Å². The Morgan fingerprint density at radius 3 is 2.08 bits per heavy atom. The van der Waals surface area contributed by atoms with Crippen LogP contribution in [0.25, 0.3) is 0 Å². The summed E-state index contributed by atoms with van der Waals surface area (Å²) in [6.45, 7) is 9.27. The first-order valence-electron chi connectivity index (χ1n) is 4.67. The van der Waals surface area contributed by atoms with Crippen molar-refractivity contribution in [2.75, 3.05) is 5.75 Å². The van der Waals surface area contributed by atoms with Crippen LogP contribution in [-0.4, -0.2) is 10.5 Å². The fourth-order valence-corrected chi connectivity index (χ4v) is 3.93. The summed E-state index contributed by atoms with van der Waals surface area (Å²) in [4.78, 5) is 0. The van der Waals surface area contributed by atoms with Gasteiger partial charge in [-0.3, -0.25) is 0 Å². The molecule has 0 aromatic heterocycles. The second kappa shape index (κ2) is 3.13. The molecular formula is C10H20S2. The molecule has 12 heavy (non-hydrogen) atoms. The fourth-order valence-electron chi connectivity index (χ4n) is 2.62. The van der Waals surface area contributed by atoms with E-state index in [1.807, 2.05) is 0 Å². The molecule has 2 heteroatoms. The van der Waals surface area contributed by atoms with Crippen LogP contribution in [-0.2, 0) is 0 Å². The first-order chi connectivity index (χ1) is 5.34. The molecule has 0 aromatic rings. The summed E-state index contributed by atoms with van der Waals surface area (Å²) in [5.41, 5.74) is 0.499. The van der Waals surface area contributed by atoms with Gasteiger partial charge in [-0.15, -0.1) is 0 Å². The first-order valence-corrected chi connectivity index (χ1v) is 5.75. The van der Waals surface area contributed by atoms with Gasteiger partial charge in [0.15, 0.2) is 0 Å². The molecule has 3 atom stereocenters. The zero-order valence-electron chi connectivity index (χ0n) is 8.46. The third kappa shape index (κ3) is 1.65. The van der Waals surface area contributed by atoms with Gasteiger partial charge < -0.3 is 0 Å². The lowest BCUT2D eigenvalue weighted by Gasteiger charge is -2.24. The molecule has 1 fully saturated rings. The zero-order valence-corrected chi connectivity index (χ0v) is 10.3. The lowest BCUT2D eigenvalue weighted by molar-refractivity contribution is 0.455. The molecular weight excluding hydrogens is 184 g/mol. The molecule has 0 bridgehead atoms. The van der Waals surface area contributed by atoms with E-state index in [4.69, 9.17) is 12.6 Å². The average Bonchev–Trinajstić information content (AvgIpc) is 2.32. The van der Waals surface area contributed by atoms with Gasteiger partial charge in [0, 0.05) is 4.75 Å². The van der Waals surface area contributed by atoms with Crippen LogP contribution in [0.1, 0.15) is 34.1 Å². The molecule has 1 aliphatic carbocycles. The maximum atomic E-state index is 4.75. The minimum Gasteiger partial charge on any atom is -0.179 e. The molecule has 72 valence electrons. The van der Waals surface area contributed by atoms with Gasteiger partial charge in [-0.25, -0.2) is 0 Å². The highest BCUT2D eigenvalue weighted by atomic mass is 32.1. The van der Waals surface area contributed by atoms with Gasteiger partial charge in [0.1, 0.15) is 0 Å². The summed E-state index contributed by atoms with van der Waals surface area (Å²) < 4.78 is 0.185. The Labute approximate surface area is 87.3 Å². The standard InChI is InChI=1S/C10H20S2/c1-7-8(9(7,2)3)10(4,12)5-6-11/h7-8,11-12H,5-6H2,1-4H3. The molecule has 0 saturated heterocycles. The summed E-state index contributed by atoms with van der Waals surface area (Å²) in [7, 11) is 0. The van der Waals surface area contributed by atoms with E-state index in [0.29, 0.717) is 5.41 Å². The van der Waals surface area contributed by atoms with Gasteiger partial charge in [0.25, 0.3) is 0 Å². The van der Waals surface area contributed by atoms with Crippen LogP contribution in [0, 0.1) is 17.3 Å². The second-order valence-electron chi connectivity index (χ2n) is 4.92. The minimum atomic E-state index is 0.185. The molecule has 0 amide bonds. The normalized spacial score (nSPS) is 37.5. The van der Waals surface area contributed by atoms with Crippen molar-refractivity contribution in [1.82, 2.24) is 0 Å². The highest BCUT2D eigenvalue weighted by Gasteiger charge is 2.60. The molecule has 0 aromatic carbocycles. The molecule has 0 nitrogen and oxygen atoms in total. The van der Waals surface area contributed by atoms with E-state index >= 15 is 0 Å². The lowest BCUT2D eigenvalue weighted by Crippen LogP contribution is -2.23. The maximum absolute atomic E-state index is 4.75. The fraction of sp³-hybridized carbons (Fsp3) is 1.00. The molecule has 0 spiro atoms. The number of thiol groups is 2. The zero-order chi connectivity index (χ0) is 9.57. The summed E-state index contributed by atoms with van der Waals surface area (Å²) in [6.07, 6.45) is 1.11. The Morgan fingerprint density at radius 2 is 1.83 bits per heavy atom. The Bertz CT molecular complexity index is 173. The maximum Gasteiger partial charge on any atom is 0.0145 e. The van der Waals surface area contributed by atoms with Crippen molar-refractivity contribution in [2.24, 2.45) is 17.3 Å². The molecule has 3 unspecified atom stereocenters. The third-order valence-electron chi connectivity index (χ3n) is 3.65. The van der Waals surface area contributed by atoms with Crippen LogP contribution in [0.4, 0.5) is 0 Å². The SMILES string of the molecule is CC1C(C(C)(S)CCS)C1(C)C. The molecule has 0 aliphatic heterocycles.